The molecule has 0 bridgehead atoms. The zero-order chi connectivity index (χ0) is 19.6. The Balaban J connectivity index is 0.00000280. The highest BCUT2D eigenvalue weighted by atomic mass is 127. The minimum Gasteiger partial charge on any atom is -0.350 e. The van der Waals surface area contributed by atoms with Crippen LogP contribution in [0.3, 0.4) is 0 Å². The molecule has 1 saturated heterocycles. The first-order valence-corrected chi connectivity index (χ1v) is 9.91. The van der Waals surface area contributed by atoms with Gasteiger partial charge >= 0.3 is 0 Å². The Morgan fingerprint density at radius 3 is 2.68 bits per heavy atom. The quantitative estimate of drug-likeness (QED) is 0.383. The lowest BCUT2D eigenvalue weighted by molar-refractivity contribution is -0.120. The fourth-order valence-corrected chi connectivity index (χ4v) is 4.27. The molecule has 0 atom stereocenters. The molecular weight excluding hydrogens is 489 g/mol. The van der Waals surface area contributed by atoms with Crippen LogP contribution < -0.4 is 10.2 Å². The zero-order valence-corrected chi connectivity index (χ0v) is 20.1. The highest BCUT2D eigenvalue weighted by Crippen LogP contribution is 2.24. The molecule has 0 spiro atoms. The molecule has 3 rings (SSSR count). The number of carbonyl (C=O) groups is 1. The number of aryl methyl sites for hydroxylation is 2. The van der Waals surface area contributed by atoms with Gasteiger partial charge in [0, 0.05) is 38.3 Å². The molecule has 0 radical (unpaired) electrons. The number of halogens is 1. The van der Waals surface area contributed by atoms with Crippen LogP contribution in [0.25, 0.3) is 0 Å². The van der Waals surface area contributed by atoms with Crippen LogP contribution in [0.1, 0.15) is 35.3 Å². The summed E-state index contributed by atoms with van der Waals surface area (Å²) in [4.78, 5) is 26.7. The van der Waals surface area contributed by atoms with Gasteiger partial charge in [-0.25, -0.2) is 4.98 Å². The summed E-state index contributed by atoms with van der Waals surface area (Å²) < 4.78 is 1.71. The molecule has 28 heavy (non-hydrogen) atoms. The molecule has 1 amide bonds. The number of guanidine groups is 1. The summed E-state index contributed by atoms with van der Waals surface area (Å²) in [6.45, 7) is 8.66. The minimum atomic E-state index is 0. The standard InChI is InChI=1S/C18H27N7OS.HI/c1-12(2)17-13(3)27-15(22-17)9-20-18(19-4)24-6-7-25(16(26)11-24)14-8-21-23(5)10-14;/h8,10,12H,6-7,9,11H2,1-5H3,(H,19,20);1H. The van der Waals surface area contributed by atoms with Gasteiger partial charge in [0.05, 0.1) is 24.1 Å². The van der Waals surface area contributed by atoms with Gasteiger partial charge in [0.15, 0.2) is 5.96 Å². The van der Waals surface area contributed by atoms with Crippen molar-refractivity contribution in [1.82, 2.24) is 25.0 Å². The van der Waals surface area contributed by atoms with Crippen molar-refractivity contribution >= 4 is 52.9 Å². The van der Waals surface area contributed by atoms with Crippen molar-refractivity contribution in [3.8, 4) is 0 Å². The molecule has 0 saturated carbocycles. The Morgan fingerprint density at radius 1 is 1.39 bits per heavy atom. The summed E-state index contributed by atoms with van der Waals surface area (Å²) in [6.07, 6.45) is 3.58. The average molecular weight is 517 g/mol. The summed E-state index contributed by atoms with van der Waals surface area (Å²) in [5.74, 6) is 1.20. The van der Waals surface area contributed by atoms with E-state index in [1.807, 2.05) is 18.1 Å². The van der Waals surface area contributed by atoms with Crippen LogP contribution in [0.4, 0.5) is 5.69 Å². The second-order valence-corrected chi connectivity index (χ2v) is 8.23. The molecule has 0 unspecified atom stereocenters. The van der Waals surface area contributed by atoms with Crippen LogP contribution in [0, 0.1) is 6.92 Å². The molecule has 1 N–H and O–H groups in total. The number of thiazole rings is 1. The molecule has 1 fully saturated rings. The molecule has 0 aliphatic carbocycles. The smallest absolute Gasteiger partial charge is 0.246 e. The normalized spacial score (nSPS) is 15.2. The number of anilines is 1. The first-order chi connectivity index (χ1) is 12.9. The maximum absolute atomic E-state index is 12.6. The minimum absolute atomic E-state index is 0. The van der Waals surface area contributed by atoms with Crippen molar-refractivity contribution < 1.29 is 4.79 Å². The van der Waals surface area contributed by atoms with Gasteiger partial charge in [-0.05, 0) is 12.8 Å². The Labute approximate surface area is 187 Å². The SMILES string of the molecule is CN=C(NCc1nc(C(C)C)c(C)s1)N1CCN(c2cnn(C)c2)C(=O)C1.I. The van der Waals surface area contributed by atoms with Gasteiger partial charge in [-0.2, -0.15) is 5.10 Å². The van der Waals surface area contributed by atoms with Crippen LogP contribution in [0.5, 0.6) is 0 Å². The molecule has 154 valence electrons. The Hall–Kier alpha value is -1.69. The Morgan fingerprint density at radius 2 is 2.14 bits per heavy atom. The lowest BCUT2D eigenvalue weighted by Crippen LogP contribution is -2.55. The van der Waals surface area contributed by atoms with E-state index in [-0.39, 0.29) is 29.9 Å². The summed E-state index contributed by atoms with van der Waals surface area (Å²) in [7, 11) is 3.59. The molecule has 2 aromatic heterocycles. The molecular formula is C18H28IN7OS. The second-order valence-electron chi connectivity index (χ2n) is 6.94. The molecule has 8 nitrogen and oxygen atoms in total. The number of nitrogens with one attached hydrogen (secondary N) is 1. The van der Waals surface area contributed by atoms with Crippen LogP contribution in [-0.2, 0) is 18.4 Å². The number of aliphatic imine (C=N–C) groups is 1. The lowest BCUT2D eigenvalue weighted by Gasteiger charge is -2.35. The van der Waals surface area contributed by atoms with Gasteiger partial charge in [0.2, 0.25) is 5.91 Å². The first-order valence-electron chi connectivity index (χ1n) is 9.09. The van der Waals surface area contributed by atoms with E-state index >= 15 is 0 Å². The number of hydrogen-bond donors (Lipinski definition) is 1. The zero-order valence-electron chi connectivity index (χ0n) is 17.0. The predicted molar refractivity (Wildman–Crippen MR) is 124 cm³/mol. The maximum Gasteiger partial charge on any atom is 0.246 e. The van der Waals surface area contributed by atoms with Crippen molar-refractivity contribution in [3.63, 3.8) is 0 Å². The summed E-state index contributed by atoms with van der Waals surface area (Å²) in [5, 5.41) is 8.54. The van der Waals surface area contributed by atoms with Gasteiger partial charge in [0.1, 0.15) is 11.6 Å². The highest BCUT2D eigenvalue weighted by Gasteiger charge is 2.27. The molecule has 2 aromatic rings. The molecule has 0 aromatic carbocycles. The van der Waals surface area contributed by atoms with E-state index in [2.05, 4.69) is 36.2 Å². The van der Waals surface area contributed by atoms with E-state index in [0.29, 0.717) is 32.1 Å². The van der Waals surface area contributed by atoms with Gasteiger partial charge in [-0.3, -0.25) is 14.5 Å². The molecule has 1 aliphatic heterocycles. The highest BCUT2D eigenvalue weighted by molar-refractivity contribution is 14.0. The third-order valence-electron chi connectivity index (χ3n) is 4.56. The van der Waals surface area contributed by atoms with E-state index < -0.39 is 0 Å². The third-order valence-corrected chi connectivity index (χ3v) is 5.54. The van der Waals surface area contributed by atoms with E-state index in [0.717, 1.165) is 22.3 Å². The number of piperazine rings is 1. The fraction of sp³-hybridized carbons (Fsp3) is 0.556. The summed E-state index contributed by atoms with van der Waals surface area (Å²) >= 11 is 1.71. The van der Waals surface area contributed by atoms with Crippen LogP contribution >= 0.6 is 35.3 Å². The Kier molecular flexibility index (Phi) is 7.81. The van der Waals surface area contributed by atoms with Gasteiger partial charge in [-0.1, -0.05) is 13.8 Å². The van der Waals surface area contributed by atoms with Crippen LogP contribution in [-0.4, -0.2) is 58.2 Å². The Bertz CT molecular complexity index is 845. The molecule has 1 aliphatic rings. The topological polar surface area (TPSA) is 78.7 Å². The largest absolute Gasteiger partial charge is 0.350 e. The number of amides is 1. The van der Waals surface area contributed by atoms with Gasteiger partial charge in [0.25, 0.3) is 0 Å². The fourth-order valence-electron chi connectivity index (χ4n) is 3.24. The van der Waals surface area contributed by atoms with Crippen molar-refractivity contribution in [1.29, 1.82) is 0 Å². The molecule has 3 heterocycles. The number of rotatable bonds is 4. The van der Waals surface area contributed by atoms with E-state index in [9.17, 15) is 4.79 Å². The van der Waals surface area contributed by atoms with Crippen molar-refractivity contribution in [2.45, 2.75) is 33.2 Å². The molecule has 10 heteroatoms. The van der Waals surface area contributed by atoms with Gasteiger partial charge in [-0.15, -0.1) is 35.3 Å². The van der Waals surface area contributed by atoms with Crippen molar-refractivity contribution in [2.75, 3.05) is 31.6 Å². The number of hydrogen-bond acceptors (Lipinski definition) is 5. The van der Waals surface area contributed by atoms with Gasteiger partial charge < -0.3 is 15.1 Å². The predicted octanol–water partition coefficient (Wildman–Crippen LogP) is 2.35. The number of carbonyl (C=O) groups excluding carboxylic acids is 1. The monoisotopic (exact) mass is 517 g/mol. The first kappa shape index (κ1) is 22.6. The number of nitrogens with zero attached hydrogens (tertiary/aromatic N) is 6. The third kappa shape index (κ3) is 5.02. The number of aromatic nitrogens is 3. The van der Waals surface area contributed by atoms with Crippen molar-refractivity contribution in [2.24, 2.45) is 12.0 Å². The van der Waals surface area contributed by atoms with E-state index in [4.69, 9.17) is 4.98 Å². The maximum atomic E-state index is 12.6. The second kappa shape index (κ2) is 9.68. The van der Waals surface area contributed by atoms with Crippen LogP contribution in [0.2, 0.25) is 0 Å². The van der Waals surface area contributed by atoms with E-state index in [1.54, 1.807) is 34.2 Å². The summed E-state index contributed by atoms with van der Waals surface area (Å²) in [5.41, 5.74) is 2.00. The van der Waals surface area contributed by atoms with Crippen LogP contribution in [0.15, 0.2) is 17.4 Å². The van der Waals surface area contributed by atoms with Crippen molar-refractivity contribution in [3.05, 3.63) is 28.0 Å². The van der Waals surface area contributed by atoms with E-state index in [1.165, 1.54) is 4.88 Å². The average Bonchev–Trinajstić information content (AvgIpc) is 3.21. The summed E-state index contributed by atoms with van der Waals surface area (Å²) in [6, 6.07) is 0. The lowest BCUT2D eigenvalue weighted by atomic mass is 10.1.